The van der Waals surface area contributed by atoms with Gasteiger partial charge >= 0.3 is 0 Å². The zero-order valence-corrected chi connectivity index (χ0v) is 13.2. The van der Waals surface area contributed by atoms with Gasteiger partial charge in [0, 0.05) is 0 Å². The van der Waals surface area contributed by atoms with E-state index in [9.17, 15) is 4.79 Å². The Hall–Kier alpha value is -0.373. The molecular weight excluding hydrogens is 224 g/mol. The molecular formula is C15H30OSi. The number of carbonyl (C=O) groups excluding carboxylic acids is 1. The maximum absolute atomic E-state index is 11.3. The zero-order valence-electron chi connectivity index (χ0n) is 12.2. The lowest BCUT2D eigenvalue weighted by Gasteiger charge is -2.28. The van der Waals surface area contributed by atoms with Gasteiger partial charge in [-0.1, -0.05) is 71.2 Å². The summed E-state index contributed by atoms with van der Waals surface area (Å²) in [4.78, 5) is 11.3. The van der Waals surface area contributed by atoms with Crippen LogP contribution in [0, 0.1) is 0 Å². The first-order chi connectivity index (χ1) is 8.20. The molecule has 2 heteroatoms. The molecule has 0 radical (unpaired) electrons. The summed E-state index contributed by atoms with van der Waals surface area (Å²) in [6, 6.07) is 3.62. The fraction of sp³-hybridized carbons (Fsp3) is 0.800. The molecule has 0 aromatic heterocycles. The van der Waals surface area contributed by atoms with Gasteiger partial charge in [0.15, 0.2) is 0 Å². The Bertz CT molecular complexity index is 221. The monoisotopic (exact) mass is 254 g/mol. The molecule has 0 bridgehead atoms. The SMILES string of the molecule is CCCCCC/C=C(/C=O)[Si](CC)(CC)CC. The zero-order chi connectivity index (χ0) is 13.1. The number of hydrogen-bond acceptors (Lipinski definition) is 1. The standard InChI is InChI=1S/C15H30OSi/c1-5-9-10-11-12-13-15(14-16)17(6-2,7-3)8-4/h13-14H,5-12H2,1-4H3/b15-13-. The van der Waals surface area contributed by atoms with Crippen LogP contribution in [0.1, 0.15) is 59.8 Å². The van der Waals surface area contributed by atoms with Gasteiger partial charge in [-0.25, -0.2) is 0 Å². The molecule has 0 aliphatic heterocycles. The van der Waals surface area contributed by atoms with Crippen molar-refractivity contribution < 1.29 is 4.79 Å². The summed E-state index contributed by atoms with van der Waals surface area (Å²) in [5.74, 6) is 0. The van der Waals surface area contributed by atoms with E-state index in [2.05, 4.69) is 33.8 Å². The minimum absolute atomic E-state index is 1.10. The van der Waals surface area contributed by atoms with E-state index in [1.807, 2.05) is 0 Å². The third-order valence-electron chi connectivity index (χ3n) is 4.19. The van der Waals surface area contributed by atoms with Crippen molar-refractivity contribution in [2.45, 2.75) is 77.9 Å². The molecule has 0 saturated carbocycles. The molecule has 0 N–H and O–H groups in total. The van der Waals surface area contributed by atoms with Gasteiger partial charge < -0.3 is 0 Å². The largest absolute Gasteiger partial charge is 0.299 e. The predicted octanol–water partition coefficient (Wildman–Crippen LogP) is 5.13. The summed E-state index contributed by atoms with van der Waals surface area (Å²) in [6.45, 7) is 9.00. The van der Waals surface area contributed by atoms with Crippen molar-refractivity contribution in [3.63, 3.8) is 0 Å². The van der Waals surface area contributed by atoms with Crippen LogP contribution in [0.25, 0.3) is 0 Å². The average molecular weight is 254 g/mol. The van der Waals surface area contributed by atoms with Crippen molar-refractivity contribution in [1.29, 1.82) is 0 Å². The van der Waals surface area contributed by atoms with Crippen molar-refractivity contribution in [3.8, 4) is 0 Å². The minimum atomic E-state index is -1.42. The van der Waals surface area contributed by atoms with E-state index >= 15 is 0 Å². The van der Waals surface area contributed by atoms with E-state index in [-0.39, 0.29) is 0 Å². The second-order valence-electron chi connectivity index (χ2n) is 4.97. The lowest BCUT2D eigenvalue weighted by molar-refractivity contribution is -0.104. The van der Waals surface area contributed by atoms with Gasteiger partial charge in [0.2, 0.25) is 0 Å². The van der Waals surface area contributed by atoms with Gasteiger partial charge in [-0.3, -0.25) is 4.79 Å². The lowest BCUT2D eigenvalue weighted by atomic mass is 10.1. The Kier molecular flexibility index (Phi) is 9.42. The molecule has 0 fully saturated rings. The van der Waals surface area contributed by atoms with Crippen molar-refractivity contribution in [3.05, 3.63) is 11.3 Å². The van der Waals surface area contributed by atoms with Crippen LogP contribution in [0.15, 0.2) is 11.3 Å². The molecule has 0 aliphatic rings. The summed E-state index contributed by atoms with van der Waals surface area (Å²) in [5.41, 5.74) is 0. The Morgan fingerprint density at radius 1 is 0.941 bits per heavy atom. The van der Waals surface area contributed by atoms with Crippen molar-refractivity contribution in [1.82, 2.24) is 0 Å². The van der Waals surface area contributed by atoms with Gasteiger partial charge in [0.25, 0.3) is 0 Å². The Morgan fingerprint density at radius 2 is 1.53 bits per heavy atom. The number of carbonyl (C=O) groups is 1. The number of aldehydes is 1. The van der Waals surface area contributed by atoms with Crippen LogP contribution in [0.3, 0.4) is 0 Å². The third-order valence-corrected chi connectivity index (χ3v) is 9.80. The van der Waals surface area contributed by atoms with Gasteiger partial charge in [-0.2, -0.15) is 0 Å². The molecule has 17 heavy (non-hydrogen) atoms. The fourth-order valence-corrected chi connectivity index (χ4v) is 6.13. The van der Waals surface area contributed by atoms with E-state index in [0.717, 1.165) is 12.7 Å². The van der Waals surface area contributed by atoms with Crippen LogP contribution in [-0.2, 0) is 4.79 Å². The predicted molar refractivity (Wildman–Crippen MR) is 80.1 cm³/mol. The van der Waals surface area contributed by atoms with Gasteiger partial charge in [-0.15, -0.1) is 0 Å². The number of hydrogen-bond donors (Lipinski definition) is 0. The average Bonchev–Trinajstić information content (AvgIpc) is 2.38. The lowest BCUT2D eigenvalue weighted by Crippen LogP contribution is -2.35. The molecule has 0 heterocycles. The Balaban J connectivity index is 4.46. The maximum Gasteiger partial charge on any atom is 0.141 e. The van der Waals surface area contributed by atoms with Crippen molar-refractivity contribution in [2.24, 2.45) is 0 Å². The van der Waals surface area contributed by atoms with Crippen LogP contribution in [0.2, 0.25) is 18.1 Å². The molecule has 0 rings (SSSR count). The van der Waals surface area contributed by atoms with E-state index < -0.39 is 8.07 Å². The molecule has 0 aromatic carbocycles. The molecule has 0 unspecified atom stereocenters. The molecule has 0 atom stereocenters. The normalized spacial score (nSPS) is 12.8. The number of unbranched alkanes of at least 4 members (excludes halogenated alkanes) is 4. The molecule has 0 saturated heterocycles. The Labute approximate surface area is 109 Å². The first-order valence-corrected chi connectivity index (χ1v) is 9.98. The maximum atomic E-state index is 11.3. The van der Waals surface area contributed by atoms with E-state index in [4.69, 9.17) is 0 Å². The highest BCUT2D eigenvalue weighted by Gasteiger charge is 2.30. The molecule has 100 valence electrons. The molecule has 0 amide bonds. The first-order valence-electron chi connectivity index (χ1n) is 7.36. The quantitative estimate of drug-likeness (QED) is 0.229. The topological polar surface area (TPSA) is 17.1 Å². The summed E-state index contributed by atoms with van der Waals surface area (Å²) in [6.07, 6.45) is 9.66. The third kappa shape index (κ3) is 5.20. The van der Waals surface area contributed by atoms with Gasteiger partial charge in [-0.05, 0) is 18.0 Å². The molecule has 0 aromatic rings. The van der Waals surface area contributed by atoms with Crippen LogP contribution < -0.4 is 0 Å². The molecule has 0 spiro atoms. The highest BCUT2D eigenvalue weighted by molar-refractivity contribution is 6.89. The van der Waals surface area contributed by atoms with Crippen LogP contribution in [0.5, 0.6) is 0 Å². The van der Waals surface area contributed by atoms with Crippen LogP contribution in [-0.4, -0.2) is 14.4 Å². The number of rotatable bonds is 10. The smallest absolute Gasteiger partial charge is 0.141 e. The number of allylic oxidation sites excluding steroid dienone is 2. The first kappa shape index (κ1) is 16.6. The van der Waals surface area contributed by atoms with E-state index in [0.29, 0.717) is 0 Å². The van der Waals surface area contributed by atoms with Crippen molar-refractivity contribution >= 4 is 14.4 Å². The van der Waals surface area contributed by atoms with Crippen molar-refractivity contribution in [2.75, 3.05) is 0 Å². The fourth-order valence-electron chi connectivity index (χ4n) is 2.58. The molecule has 1 nitrogen and oxygen atoms in total. The summed E-state index contributed by atoms with van der Waals surface area (Å²) in [5, 5.41) is 1.18. The van der Waals surface area contributed by atoms with E-state index in [1.54, 1.807) is 0 Å². The van der Waals surface area contributed by atoms with Crippen LogP contribution >= 0.6 is 0 Å². The minimum Gasteiger partial charge on any atom is -0.299 e. The van der Waals surface area contributed by atoms with E-state index in [1.165, 1.54) is 49.0 Å². The molecule has 0 aliphatic carbocycles. The van der Waals surface area contributed by atoms with Crippen LogP contribution in [0.4, 0.5) is 0 Å². The van der Waals surface area contributed by atoms with Gasteiger partial charge in [0.05, 0.1) is 8.07 Å². The summed E-state index contributed by atoms with van der Waals surface area (Å²) >= 11 is 0. The highest BCUT2D eigenvalue weighted by atomic mass is 28.3. The second-order valence-corrected chi connectivity index (χ2v) is 10.2. The Morgan fingerprint density at radius 3 is 1.94 bits per heavy atom. The highest BCUT2D eigenvalue weighted by Crippen LogP contribution is 2.27. The summed E-state index contributed by atoms with van der Waals surface area (Å²) in [7, 11) is -1.42. The second kappa shape index (κ2) is 9.64. The van der Waals surface area contributed by atoms with Gasteiger partial charge in [0.1, 0.15) is 6.29 Å². The summed E-state index contributed by atoms with van der Waals surface area (Å²) < 4.78 is 0.